The number of aromatic nitrogens is 2. The second-order valence-electron chi connectivity index (χ2n) is 6.38. The standard InChI is InChI=1S/C17H29N5O/c1-7-9-20-10-13(4)21(11-12(20)3)17(23)18-16-14(5)19-22(8-2)15(16)6/h7,12-13H,1,8-11H2,2-6H3,(H,18,23)/t12-,13-/m1/s1. The maximum absolute atomic E-state index is 12.7. The molecule has 6 heteroatoms. The van der Waals surface area contributed by atoms with Crippen LogP contribution < -0.4 is 5.32 Å². The van der Waals surface area contributed by atoms with Gasteiger partial charge in [-0.15, -0.1) is 6.58 Å². The molecule has 1 saturated heterocycles. The van der Waals surface area contributed by atoms with E-state index >= 15 is 0 Å². The van der Waals surface area contributed by atoms with Crippen LogP contribution in [0, 0.1) is 13.8 Å². The van der Waals surface area contributed by atoms with E-state index in [-0.39, 0.29) is 12.1 Å². The Balaban J connectivity index is 2.09. The van der Waals surface area contributed by atoms with Crippen LogP contribution in [0.2, 0.25) is 0 Å². The molecule has 2 rings (SSSR count). The molecule has 2 amide bonds. The van der Waals surface area contributed by atoms with Crippen LogP contribution in [0.25, 0.3) is 0 Å². The lowest BCUT2D eigenvalue weighted by atomic mass is 10.1. The van der Waals surface area contributed by atoms with E-state index in [0.717, 1.165) is 43.3 Å². The molecule has 1 aliphatic heterocycles. The second kappa shape index (κ2) is 7.17. The van der Waals surface area contributed by atoms with Gasteiger partial charge in [-0.1, -0.05) is 6.08 Å². The SMILES string of the molecule is C=CCN1C[C@@H](C)N(C(=O)Nc2c(C)nn(CC)c2C)C[C@H]1C. The molecule has 2 heterocycles. The van der Waals surface area contributed by atoms with Gasteiger partial charge in [0.15, 0.2) is 0 Å². The highest BCUT2D eigenvalue weighted by molar-refractivity contribution is 5.90. The summed E-state index contributed by atoms with van der Waals surface area (Å²) in [6, 6.07) is 0.466. The fraction of sp³-hybridized carbons (Fsp3) is 0.647. The Hall–Kier alpha value is -1.82. The number of carbonyl (C=O) groups excluding carboxylic acids is 1. The topological polar surface area (TPSA) is 53.4 Å². The molecule has 1 N–H and O–H groups in total. The third-order valence-corrected chi connectivity index (χ3v) is 4.65. The van der Waals surface area contributed by atoms with Gasteiger partial charge in [-0.3, -0.25) is 9.58 Å². The molecule has 6 nitrogen and oxygen atoms in total. The van der Waals surface area contributed by atoms with Crippen molar-refractivity contribution < 1.29 is 4.79 Å². The predicted octanol–water partition coefficient (Wildman–Crippen LogP) is 2.63. The zero-order valence-corrected chi connectivity index (χ0v) is 15.0. The van der Waals surface area contributed by atoms with Crippen LogP contribution in [0.1, 0.15) is 32.2 Å². The lowest BCUT2D eigenvalue weighted by Gasteiger charge is -2.43. The quantitative estimate of drug-likeness (QED) is 0.868. The molecule has 0 bridgehead atoms. The minimum atomic E-state index is -0.0375. The molecule has 0 aromatic carbocycles. The number of amides is 2. The molecule has 0 radical (unpaired) electrons. The zero-order chi connectivity index (χ0) is 17.1. The van der Waals surface area contributed by atoms with Crippen LogP contribution in [0.4, 0.5) is 10.5 Å². The van der Waals surface area contributed by atoms with Gasteiger partial charge in [-0.2, -0.15) is 5.10 Å². The van der Waals surface area contributed by atoms with E-state index in [4.69, 9.17) is 0 Å². The summed E-state index contributed by atoms with van der Waals surface area (Å²) in [6.07, 6.45) is 1.92. The van der Waals surface area contributed by atoms with Gasteiger partial charge < -0.3 is 10.2 Å². The summed E-state index contributed by atoms with van der Waals surface area (Å²) in [5.74, 6) is 0. The van der Waals surface area contributed by atoms with Crippen molar-refractivity contribution in [3.63, 3.8) is 0 Å². The lowest BCUT2D eigenvalue weighted by molar-refractivity contribution is 0.0765. The van der Waals surface area contributed by atoms with Crippen LogP contribution in [0.5, 0.6) is 0 Å². The van der Waals surface area contributed by atoms with Gasteiger partial charge in [0.05, 0.1) is 17.1 Å². The highest BCUT2D eigenvalue weighted by Gasteiger charge is 2.32. The number of nitrogens with zero attached hydrogens (tertiary/aromatic N) is 4. The summed E-state index contributed by atoms with van der Waals surface area (Å²) in [4.78, 5) is 17.0. The van der Waals surface area contributed by atoms with E-state index < -0.39 is 0 Å². The van der Waals surface area contributed by atoms with Crippen molar-refractivity contribution in [1.82, 2.24) is 19.6 Å². The van der Waals surface area contributed by atoms with Crippen LogP contribution in [-0.2, 0) is 6.54 Å². The van der Waals surface area contributed by atoms with Crippen LogP contribution in [0.3, 0.4) is 0 Å². The third-order valence-electron chi connectivity index (χ3n) is 4.65. The van der Waals surface area contributed by atoms with E-state index in [1.807, 2.05) is 36.4 Å². The van der Waals surface area contributed by atoms with Gasteiger partial charge in [0, 0.05) is 38.3 Å². The van der Waals surface area contributed by atoms with Crippen molar-refractivity contribution in [1.29, 1.82) is 0 Å². The van der Waals surface area contributed by atoms with Crippen LogP contribution >= 0.6 is 0 Å². The molecule has 1 fully saturated rings. The Labute approximate surface area is 139 Å². The Morgan fingerprint density at radius 2 is 2.04 bits per heavy atom. The van der Waals surface area contributed by atoms with Crippen molar-refractivity contribution in [2.45, 2.75) is 53.2 Å². The first kappa shape index (κ1) is 17.5. The van der Waals surface area contributed by atoms with Crippen molar-refractivity contribution in [2.24, 2.45) is 0 Å². The largest absolute Gasteiger partial charge is 0.322 e. The number of aryl methyl sites for hydroxylation is 2. The molecular weight excluding hydrogens is 290 g/mol. The normalized spacial score (nSPS) is 22.2. The molecule has 0 unspecified atom stereocenters. The highest BCUT2D eigenvalue weighted by Crippen LogP contribution is 2.22. The minimum Gasteiger partial charge on any atom is -0.319 e. The van der Waals surface area contributed by atoms with Crippen molar-refractivity contribution in [3.05, 3.63) is 24.0 Å². The molecule has 23 heavy (non-hydrogen) atoms. The Bertz CT molecular complexity index is 580. The molecule has 1 aliphatic rings. The van der Waals surface area contributed by atoms with Crippen molar-refractivity contribution in [2.75, 3.05) is 25.0 Å². The molecule has 0 saturated carbocycles. The number of anilines is 1. The van der Waals surface area contributed by atoms with E-state index in [9.17, 15) is 4.79 Å². The van der Waals surface area contributed by atoms with Crippen molar-refractivity contribution in [3.8, 4) is 0 Å². The van der Waals surface area contributed by atoms with Gasteiger partial charge in [0.1, 0.15) is 0 Å². The summed E-state index contributed by atoms with van der Waals surface area (Å²) in [7, 11) is 0. The minimum absolute atomic E-state index is 0.0375. The first-order valence-electron chi connectivity index (χ1n) is 8.35. The van der Waals surface area contributed by atoms with Gasteiger partial charge in [-0.05, 0) is 34.6 Å². The zero-order valence-electron chi connectivity index (χ0n) is 15.0. The smallest absolute Gasteiger partial charge is 0.319 e. The Kier molecular flexibility index (Phi) is 5.46. The van der Waals surface area contributed by atoms with Crippen LogP contribution in [0.15, 0.2) is 12.7 Å². The molecule has 2 atom stereocenters. The molecule has 1 aromatic rings. The first-order valence-corrected chi connectivity index (χ1v) is 8.35. The fourth-order valence-corrected chi connectivity index (χ4v) is 3.27. The van der Waals surface area contributed by atoms with Crippen molar-refractivity contribution >= 4 is 11.7 Å². The molecular formula is C17H29N5O. The molecule has 0 aliphatic carbocycles. The predicted molar refractivity (Wildman–Crippen MR) is 93.8 cm³/mol. The average Bonchev–Trinajstić information content (AvgIpc) is 2.78. The van der Waals surface area contributed by atoms with E-state index in [2.05, 4.69) is 35.7 Å². The molecule has 128 valence electrons. The summed E-state index contributed by atoms with van der Waals surface area (Å²) < 4.78 is 1.92. The maximum Gasteiger partial charge on any atom is 0.322 e. The number of nitrogens with one attached hydrogen (secondary N) is 1. The maximum atomic E-state index is 12.7. The first-order chi connectivity index (χ1) is 10.9. The number of piperazine rings is 1. The molecule has 1 aromatic heterocycles. The second-order valence-corrected chi connectivity index (χ2v) is 6.38. The van der Waals surface area contributed by atoms with E-state index in [1.54, 1.807) is 0 Å². The number of carbonyl (C=O) groups is 1. The lowest BCUT2D eigenvalue weighted by Crippen LogP contribution is -2.58. The monoisotopic (exact) mass is 319 g/mol. The van der Waals surface area contributed by atoms with Crippen LogP contribution in [-0.4, -0.2) is 57.3 Å². The number of hydrogen-bond acceptors (Lipinski definition) is 3. The fourth-order valence-electron chi connectivity index (χ4n) is 3.27. The Morgan fingerprint density at radius 1 is 1.35 bits per heavy atom. The van der Waals surface area contributed by atoms with Gasteiger partial charge in [0.25, 0.3) is 0 Å². The summed E-state index contributed by atoms with van der Waals surface area (Å²) in [5, 5.41) is 7.53. The number of hydrogen-bond donors (Lipinski definition) is 1. The Morgan fingerprint density at radius 3 is 2.61 bits per heavy atom. The summed E-state index contributed by atoms with van der Waals surface area (Å²) in [6.45, 7) is 17.3. The third kappa shape index (κ3) is 3.58. The van der Waals surface area contributed by atoms with Gasteiger partial charge >= 0.3 is 6.03 Å². The van der Waals surface area contributed by atoms with Gasteiger partial charge in [0.2, 0.25) is 0 Å². The van der Waals surface area contributed by atoms with E-state index in [0.29, 0.717) is 6.04 Å². The number of urea groups is 1. The number of rotatable bonds is 4. The highest BCUT2D eigenvalue weighted by atomic mass is 16.2. The average molecular weight is 319 g/mol. The van der Waals surface area contributed by atoms with Gasteiger partial charge in [-0.25, -0.2) is 4.79 Å². The van der Waals surface area contributed by atoms with E-state index in [1.165, 1.54) is 0 Å². The summed E-state index contributed by atoms with van der Waals surface area (Å²) >= 11 is 0. The molecule has 0 spiro atoms. The summed E-state index contributed by atoms with van der Waals surface area (Å²) in [5.41, 5.74) is 2.71.